The molecule has 8 heteroatoms. The van der Waals surface area contributed by atoms with Crippen molar-refractivity contribution >= 4 is 17.7 Å². The molecule has 0 spiro atoms. The van der Waals surface area contributed by atoms with Gasteiger partial charge in [-0.15, -0.1) is 11.8 Å². The van der Waals surface area contributed by atoms with E-state index in [0.29, 0.717) is 19.1 Å². The number of rotatable bonds is 14. The number of nitrogens with one attached hydrogen (secondary N) is 4. The molecule has 186 valence electrons. The van der Waals surface area contributed by atoms with Gasteiger partial charge in [0.25, 0.3) is 0 Å². The molecule has 1 amide bonds. The number of hydrogen-bond acceptors (Lipinski definition) is 7. The molecule has 0 unspecified atom stereocenters. The minimum absolute atomic E-state index is 0.0111. The highest BCUT2D eigenvalue weighted by Crippen LogP contribution is 2.09. The lowest BCUT2D eigenvalue weighted by Crippen LogP contribution is -2.41. The molecule has 3 rings (SSSR count). The predicted molar refractivity (Wildman–Crippen MR) is 142 cm³/mol. The van der Waals surface area contributed by atoms with Crippen LogP contribution in [0.5, 0.6) is 0 Å². The van der Waals surface area contributed by atoms with Crippen molar-refractivity contribution < 1.29 is 4.79 Å². The fourth-order valence-electron chi connectivity index (χ4n) is 4.00. The van der Waals surface area contributed by atoms with Crippen molar-refractivity contribution in [3.8, 4) is 0 Å². The normalized spacial score (nSPS) is 15.8. The number of benzene rings is 1. The zero-order chi connectivity index (χ0) is 24.0. The summed E-state index contributed by atoms with van der Waals surface area (Å²) in [6, 6.07) is 14.9. The Bertz CT molecular complexity index is 827. The van der Waals surface area contributed by atoms with E-state index in [1.54, 1.807) is 6.20 Å². The highest BCUT2D eigenvalue weighted by molar-refractivity contribution is 7.99. The molecule has 1 aliphatic rings. The van der Waals surface area contributed by atoms with Crippen molar-refractivity contribution in [1.29, 1.82) is 0 Å². The molecule has 0 radical (unpaired) electrons. The molecule has 0 aliphatic carbocycles. The van der Waals surface area contributed by atoms with E-state index in [9.17, 15) is 4.79 Å². The van der Waals surface area contributed by atoms with Crippen LogP contribution in [0.2, 0.25) is 0 Å². The lowest BCUT2D eigenvalue weighted by atomic mass is 10.1. The van der Waals surface area contributed by atoms with E-state index in [2.05, 4.69) is 62.5 Å². The highest BCUT2D eigenvalue weighted by atomic mass is 32.2. The lowest BCUT2D eigenvalue weighted by molar-refractivity contribution is -0.121. The molecular formula is C26H40N6OS. The van der Waals surface area contributed by atoms with Gasteiger partial charge in [0, 0.05) is 31.9 Å². The second-order valence-electron chi connectivity index (χ2n) is 8.91. The number of nitrogens with zero attached hydrogens (tertiary/aromatic N) is 2. The van der Waals surface area contributed by atoms with Gasteiger partial charge in [-0.3, -0.25) is 15.1 Å². The van der Waals surface area contributed by atoms with E-state index in [1.165, 1.54) is 43.3 Å². The van der Waals surface area contributed by atoms with Gasteiger partial charge in [-0.1, -0.05) is 30.3 Å². The van der Waals surface area contributed by atoms with Gasteiger partial charge < -0.3 is 20.9 Å². The molecule has 1 saturated heterocycles. The number of thioether (sulfide) groups is 1. The number of likely N-dealkylation sites (tertiary alicyclic amines) is 1. The van der Waals surface area contributed by atoms with Crippen LogP contribution >= 0.6 is 11.8 Å². The quantitative estimate of drug-likeness (QED) is 0.242. The molecule has 1 aromatic heterocycles. The van der Waals surface area contributed by atoms with Crippen molar-refractivity contribution in [3.63, 3.8) is 0 Å². The first kappa shape index (κ1) is 26.6. The molecule has 1 aliphatic heterocycles. The van der Waals surface area contributed by atoms with Crippen molar-refractivity contribution in [3.05, 3.63) is 65.5 Å². The van der Waals surface area contributed by atoms with Crippen molar-refractivity contribution in [2.75, 3.05) is 39.5 Å². The molecule has 0 bridgehead atoms. The molecule has 2 heterocycles. The Morgan fingerprint density at radius 2 is 1.79 bits per heavy atom. The molecule has 7 nitrogen and oxygen atoms in total. The number of carbonyl (C=O) groups is 1. The minimum atomic E-state index is -0.306. The van der Waals surface area contributed by atoms with E-state index in [-0.39, 0.29) is 11.3 Å². The smallest absolute Gasteiger partial charge is 0.247 e. The third kappa shape index (κ3) is 9.72. The summed E-state index contributed by atoms with van der Waals surface area (Å²) < 4.78 is 0. The van der Waals surface area contributed by atoms with Crippen LogP contribution in [-0.4, -0.2) is 66.7 Å². The summed E-state index contributed by atoms with van der Waals surface area (Å²) in [5.74, 6) is -0.0111. The molecule has 1 atom stereocenters. The standard InChI is InChI=1S/C26H40N6OS/c1-32-16-11-23(12-17-32)28-15-5-13-27-18-21-7-9-22(10-8-21)19-30-25(33)26(34-2)31-20-24-6-3-4-14-29-24/h3-4,6-10,14,23,26-28,31H,5,11-13,15-20H2,1-2H3,(H,30,33)/t26-/m0/s1. The Balaban J connectivity index is 1.27. The fourth-order valence-corrected chi connectivity index (χ4v) is 4.55. The maximum atomic E-state index is 12.5. The molecular weight excluding hydrogens is 444 g/mol. The molecule has 0 saturated carbocycles. The van der Waals surface area contributed by atoms with Gasteiger partial charge in [0.2, 0.25) is 5.91 Å². The average Bonchev–Trinajstić information content (AvgIpc) is 2.87. The summed E-state index contributed by atoms with van der Waals surface area (Å²) in [6.07, 6.45) is 7.36. The number of amides is 1. The largest absolute Gasteiger partial charge is 0.350 e. The van der Waals surface area contributed by atoms with Crippen LogP contribution in [0.25, 0.3) is 0 Å². The zero-order valence-corrected chi connectivity index (χ0v) is 21.4. The maximum Gasteiger partial charge on any atom is 0.247 e. The second-order valence-corrected chi connectivity index (χ2v) is 9.86. The number of aromatic nitrogens is 1. The van der Waals surface area contributed by atoms with Gasteiger partial charge in [-0.25, -0.2) is 0 Å². The van der Waals surface area contributed by atoms with Gasteiger partial charge in [0.1, 0.15) is 5.37 Å². The number of pyridine rings is 1. The summed E-state index contributed by atoms with van der Waals surface area (Å²) in [5.41, 5.74) is 3.29. The number of carbonyl (C=O) groups excluding carboxylic acids is 1. The Hall–Kier alpha value is -1.97. The van der Waals surface area contributed by atoms with E-state index < -0.39 is 0 Å². The minimum Gasteiger partial charge on any atom is -0.350 e. The van der Waals surface area contributed by atoms with Gasteiger partial charge in [0.05, 0.1) is 5.69 Å². The van der Waals surface area contributed by atoms with Crippen LogP contribution in [0.4, 0.5) is 0 Å². The van der Waals surface area contributed by atoms with Crippen molar-refractivity contribution in [1.82, 2.24) is 31.2 Å². The van der Waals surface area contributed by atoms with Gasteiger partial charge in [-0.2, -0.15) is 0 Å². The van der Waals surface area contributed by atoms with E-state index in [1.807, 2.05) is 24.5 Å². The molecule has 4 N–H and O–H groups in total. The molecule has 2 aromatic rings. The average molecular weight is 485 g/mol. The highest BCUT2D eigenvalue weighted by Gasteiger charge is 2.16. The van der Waals surface area contributed by atoms with Crippen molar-refractivity contribution in [2.24, 2.45) is 0 Å². The van der Waals surface area contributed by atoms with Crippen LogP contribution in [0.3, 0.4) is 0 Å². The van der Waals surface area contributed by atoms with Crippen LogP contribution in [0.15, 0.2) is 48.7 Å². The molecule has 1 aromatic carbocycles. The topological polar surface area (TPSA) is 81.3 Å². The van der Waals surface area contributed by atoms with Crippen molar-refractivity contribution in [2.45, 2.75) is 50.3 Å². The fraction of sp³-hybridized carbons (Fsp3) is 0.538. The van der Waals surface area contributed by atoms with Gasteiger partial charge in [0.15, 0.2) is 0 Å². The van der Waals surface area contributed by atoms with Crippen LogP contribution in [-0.2, 0) is 24.4 Å². The first-order valence-electron chi connectivity index (χ1n) is 12.3. The summed E-state index contributed by atoms with van der Waals surface area (Å²) in [5, 5.41) is 13.2. The molecule has 1 fully saturated rings. The van der Waals surface area contributed by atoms with Gasteiger partial charge in [-0.05, 0) is 82.0 Å². The Morgan fingerprint density at radius 3 is 2.47 bits per heavy atom. The van der Waals surface area contributed by atoms with Crippen LogP contribution in [0, 0.1) is 0 Å². The van der Waals surface area contributed by atoms with Gasteiger partial charge >= 0.3 is 0 Å². The first-order valence-corrected chi connectivity index (χ1v) is 13.6. The third-order valence-electron chi connectivity index (χ3n) is 6.17. The first-order chi connectivity index (χ1) is 16.6. The Morgan fingerprint density at radius 1 is 1.06 bits per heavy atom. The summed E-state index contributed by atoms with van der Waals surface area (Å²) in [6.45, 7) is 6.46. The molecule has 34 heavy (non-hydrogen) atoms. The predicted octanol–water partition coefficient (Wildman–Crippen LogP) is 2.34. The Labute approximate surface area is 208 Å². The Kier molecular flexibility index (Phi) is 11.8. The zero-order valence-electron chi connectivity index (χ0n) is 20.6. The monoisotopic (exact) mass is 484 g/mol. The summed E-state index contributed by atoms with van der Waals surface area (Å²) in [7, 11) is 2.20. The SMILES string of the molecule is CS[C@H](NCc1ccccn1)C(=O)NCc1ccc(CNCCCNC2CCN(C)CC2)cc1. The number of piperidine rings is 1. The van der Waals surface area contributed by atoms with Crippen LogP contribution in [0.1, 0.15) is 36.1 Å². The maximum absolute atomic E-state index is 12.5. The second kappa shape index (κ2) is 15.1. The van der Waals surface area contributed by atoms with E-state index in [4.69, 9.17) is 0 Å². The van der Waals surface area contributed by atoms with E-state index >= 15 is 0 Å². The summed E-state index contributed by atoms with van der Waals surface area (Å²) >= 11 is 1.49. The number of hydrogen-bond donors (Lipinski definition) is 4. The van der Waals surface area contributed by atoms with Crippen LogP contribution < -0.4 is 21.3 Å². The lowest BCUT2D eigenvalue weighted by Gasteiger charge is -2.29. The van der Waals surface area contributed by atoms with E-state index in [0.717, 1.165) is 37.3 Å². The third-order valence-corrected chi connectivity index (χ3v) is 7.02. The summed E-state index contributed by atoms with van der Waals surface area (Å²) in [4.78, 5) is 19.2.